The summed E-state index contributed by atoms with van der Waals surface area (Å²) in [5, 5.41) is 9.90. The maximum atomic E-state index is 9.90. The fourth-order valence-electron chi connectivity index (χ4n) is 2.90. The summed E-state index contributed by atoms with van der Waals surface area (Å²) in [6, 6.07) is 0. The SMILES string of the molecule is CC(C)(O)CC1CCCCC12OCCO2. The van der Waals surface area contributed by atoms with Gasteiger partial charge in [-0.2, -0.15) is 0 Å². The third-order valence-electron chi connectivity index (χ3n) is 3.47. The lowest BCUT2D eigenvalue weighted by molar-refractivity contribution is -0.221. The van der Waals surface area contributed by atoms with Crippen molar-refractivity contribution in [3.05, 3.63) is 0 Å². The third-order valence-corrected chi connectivity index (χ3v) is 3.47. The molecular weight excluding hydrogens is 192 g/mol. The molecule has 1 heterocycles. The molecule has 3 heteroatoms. The zero-order valence-electron chi connectivity index (χ0n) is 9.79. The first-order valence-corrected chi connectivity index (χ1v) is 6.02. The quantitative estimate of drug-likeness (QED) is 0.765. The molecule has 1 saturated carbocycles. The van der Waals surface area contributed by atoms with Crippen LogP contribution < -0.4 is 0 Å². The highest BCUT2D eigenvalue weighted by Gasteiger charge is 2.47. The van der Waals surface area contributed by atoms with E-state index in [-0.39, 0.29) is 5.79 Å². The van der Waals surface area contributed by atoms with Gasteiger partial charge in [0.1, 0.15) is 0 Å². The molecule has 0 aromatic heterocycles. The number of aliphatic hydroxyl groups is 1. The monoisotopic (exact) mass is 214 g/mol. The first-order valence-electron chi connectivity index (χ1n) is 6.02. The van der Waals surface area contributed by atoms with Crippen molar-refractivity contribution < 1.29 is 14.6 Å². The Morgan fingerprint density at radius 2 is 1.93 bits per heavy atom. The van der Waals surface area contributed by atoms with Gasteiger partial charge in [0.2, 0.25) is 0 Å². The highest BCUT2D eigenvalue weighted by Crippen LogP contribution is 2.43. The van der Waals surface area contributed by atoms with E-state index in [9.17, 15) is 5.11 Å². The van der Waals surface area contributed by atoms with Crippen LogP contribution in [0, 0.1) is 5.92 Å². The number of hydrogen-bond acceptors (Lipinski definition) is 3. The molecule has 0 amide bonds. The molecule has 1 N–H and O–H groups in total. The molecule has 1 aliphatic carbocycles. The molecule has 1 spiro atoms. The van der Waals surface area contributed by atoms with Crippen LogP contribution in [0.25, 0.3) is 0 Å². The minimum absolute atomic E-state index is 0.355. The normalized spacial score (nSPS) is 31.0. The first-order chi connectivity index (χ1) is 7.02. The molecule has 15 heavy (non-hydrogen) atoms. The Balaban J connectivity index is 2.06. The lowest BCUT2D eigenvalue weighted by Gasteiger charge is -2.41. The van der Waals surface area contributed by atoms with Crippen LogP contribution in [0.2, 0.25) is 0 Å². The van der Waals surface area contributed by atoms with E-state index in [0.29, 0.717) is 19.1 Å². The molecule has 0 aromatic carbocycles. The third kappa shape index (κ3) is 2.52. The minimum Gasteiger partial charge on any atom is -0.390 e. The second-order valence-corrected chi connectivity index (χ2v) is 5.47. The van der Waals surface area contributed by atoms with E-state index in [1.165, 1.54) is 12.8 Å². The highest BCUT2D eigenvalue weighted by atomic mass is 16.7. The summed E-state index contributed by atoms with van der Waals surface area (Å²) < 4.78 is 11.6. The van der Waals surface area contributed by atoms with Gasteiger partial charge in [-0.1, -0.05) is 6.42 Å². The van der Waals surface area contributed by atoms with Gasteiger partial charge in [0.15, 0.2) is 5.79 Å². The Bertz CT molecular complexity index is 213. The molecule has 1 atom stereocenters. The van der Waals surface area contributed by atoms with Gasteiger partial charge in [-0.05, 0) is 33.1 Å². The standard InChI is InChI=1S/C12H22O3/c1-11(2,13)9-10-5-3-4-6-12(10)14-7-8-15-12/h10,13H,3-9H2,1-2H3. The Labute approximate surface area is 91.8 Å². The van der Waals surface area contributed by atoms with Gasteiger partial charge in [-0.25, -0.2) is 0 Å². The molecule has 0 radical (unpaired) electrons. The number of hydrogen-bond donors (Lipinski definition) is 1. The summed E-state index contributed by atoms with van der Waals surface area (Å²) in [7, 11) is 0. The molecule has 1 saturated heterocycles. The second kappa shape index (κ2) is 4.04. The van der Waals surface area contributed by atoms with E-state index in [4.69, 9.17) is 9.47 Å². The highest BCUT2D eigenvalue weighted by molar-refractivity contribution is 4.89. The van der Waals surface area contributed by atoms with E-state index < -0.39 is 5.60 Å². The van der Waals surface area contributed by atoms with Gasteiger partial charge < -0.3 is 14.6 Å². The average Bonchev–Trinajstić information content (AvgIpc) is 2.57. The Hall–Kier alpha value is -0.120. The molecule has 1 unspecified atom stereocenters. The van der Waals surface area contributed by atoms with Gasteiger partial charge in [0.05, 0.1) is 18.8 Å². The largest absolute Gasteiger partial charge is 0.390 e. The number of rotatable bonds is 2. The lowest BCUT2D eigenvalue weighted by Crippen LogP contribution is -2.44. The van der Waals surface area contributed by atoms with Crippen molar-refractivity contribution in [3.8, 4) is 0 Å². The van der Waals surface area contributed by atoms with Crippen LogP contribution in [0.3, 0.4) is 0 Å². The molecule has 3 nitrogen and oxygen atoms in total. The lowest BCUT2D eigenvalue weighted by atomic mass is 9.77. The first kappa shape index (κ1) is 11.4. The minimum atomic E-state index is -0.621. The zero-order valence-corrected chi connectivity index (χ0v) is 9.79. The molecule has 2 rings (SSSR count). The topological polar surface area (TPSA) is 38.7 Å². The summed E-state index contributed by atoms with van der Waals surface area (Å²) in [4.78, 5) is 0. The summed E-state index contributed by atoms with van der Waals surface area (Å²) in [6.45, 7) is 5.15. The Kier molecular flexibility index (Phi) is 3.06. The summed E-state index contributed by atoms with van der Waals surface area (Å²) >= 11 is 0. The number of ether oxygens (including phenoxy) is 2. The van der Waals surface area contributed by atoms with Crippen LogP contribution in [0.1, 0.15) is 46.0 Å². The predicted molar refractivity (Wildman–Crippen MR) is 57.5 cm³/mol. The molecule has 2 fully saturated rings. The molecule has 0 bridgehead atoms. The maximum Gasteiger partial charge on any atom is 0.171 e. The van der Waals surface area contributed by atoms with Crippen LogP contribution in [0.4, 0.5) is 0 Å². The second-order valence-electron chi connectivity index (χ2n) is 5.47. The van der Waals surface area contributed by atoms with Crippen LogP contribution in [-0.2, 0) is 9.47 Å². The Morgan fingerprint density at radius 3 is 2.53 bits per heavy atom. The molecule has 88 valence electrons. The van der Waals surface area contributed by atoms with Crippen LogP contribution in [0.15, 0.2) is 0 Å². The van der Waals surface area contributed by atoms with Crippen molar-refractivity contribution in [1.82, 2.24) is 0 Å². The molecule has 1 aliphatic heterocycles. The summed E-state index contributed by atoms with van der Waals surface area (Å²) in [5.74, 6) is -0.00752. The summed E-state index contributed by atoms with van der Waals surface area (Å²) in [6.07, 6.45) is 5.29. The van der Waals surface area contributed by atoms with Gasteiger partial charge in [-0.3, -0.25) is 0 Å². The van der Waals surface area contributed by atoms with Gasteiger partial charge in [-0.15, -0.1) is 0 Å². The van der Waals surface area contributed by atoms with Gasteiger partial charge in [0, 0.05) is 12.3 Å². The smallest absolute Gasteiger partial charge is 0.171 e. The maximum absolute atomic E-state index is 9.90. The molecule has 2 aliphatic rings. The van der Waals surface area contributed by atoms with Crippen molar-refractivity contribution in [2.24, 2.45) is 5.92 Å². The van der Waals surface area contributed by atoms with Crippen molar-refractivity contribution in [2.45, 2.75) is 57.3 Å². The fraction of sp³-hybridized carbons (Fsp3) is 1.00. The summed E-state index contributed by atoms with van der Waals surface area (Å²) in [5.41, 5.74) is -0.621. The predicted octanol–water partition coefficient (Wildman–Crippen LogP) is 2.08. The van der Waals surface area contributed by atoms with Gasteiger partial charge in [0.25, 0.3) is 0 Å². The van der Waals surface area contributed by atoms with Crippen LogP contribution in [0.5, 0.6) is 0 Å². The van der Waals surface area contributed by atoms with Crippen molar-refractivity contribution in [2.75, 3.05) is 13.2 Å². The van der Waals surface area contributed by atoms with E-state index in [1.54, 1.807) is 0 Å². The van der Waals surface area contributed by atoms with Crippen molar-refractivity contribution >= 4 is 0 Å². The van der Waals surface area contributed by atoms with Crippen molar-refractivity contribution in [3.63, 3.8) is 0 Å². The van der Waals surface area contributed by atoms with E-state index in [2.05, 4.69) is 0 Å². The van der Waals surface area contributed by atoms with E-state index in [0.717, 1.165) is 19.3 Å². The Morgan fingerprint density at radius 1 is 1.27 bits per heavy atom. The fourth-order valence-corrected chi connectivity index (χ4v) is 2.90. The van der Waals surface area contributed by atoms with Crippen LogP contribution >= 0.6 is 0 Å². The zero-order chi connectivity index (χ0) is 10.9. The van der Waals surface area contributed by atoms with Crippen molar-refractivity contribution in [1.29, 1.82) is 0 Å². The van der Waals surface area contributed by atoms with E-state index in [1.807, 2.05) is 13.8 Å². The van der Waals surface area contributed by atoms with E-state index >= 15 is 0 Å². The van der Waals surface area contributed by atoms with Gasteiger partial charge >= 0.3 is 0 Å². The molecule has 0 aromatic rings. The molecular formula is C12H22O3. The van der Waals surface area contributed by atoms with Crippen LogP contribution in [-0.4, -0.2) is 29.7 Å². The average molecular weight is 214 g/mol.